The van der Waals surface area contributed by atoms with Gasteiger partial charge in [-0.1, -0.05) is 81.8 Å². The number of ether oxygens (including phenoxy) is 4. The molecule has 4 N–H and O–H groups in total. The Morgan fingerprint density at radius 3 is 2.24 bits per heavy atom. The van der Waals surface area contributed by atoms with Gasteiger partial charge in [0.2, 0.25) is 0 Å². The van der Waals surface area contributed by atoms with E-state index >= 15 is 0 Å². The van der Waals surface area contributed by atoms with Gasteiger partial charge in [0, 0.05) is 46.9 Å². The summed E-state index contributed by atoms with van der Waals surface area (Å²) in [4.78, 5) is 24.4. The molecule has 258 valence electrons. The molecular formula is C32H54IN3O7S2. The van der Waals surface area contributed by atoms with Gasteiger partial charge in [-0.05, 0) is 63.5 Å². The predicted molar refractivity (Wildman–Crippen MR) is 193 cm³/mol. The molecule has 3 unspecified atom stereocenters. The van der Waals surface area contributed by atoms with Crippen molar-refractivity contribution in [3.8, 4) is 0 Å². The summed E-state index contributed by atoms with van der Waals surface area (Å²) in [6.07, 6.45) is 4.28. The molecule has 1 aliphatic carbocycles. The van der Waals surface area contributed by atoms with Crippen LogP contribution in [0.5, 0.6) is 0 Å². The fourth-order valence-electron chi connectivity index (χ4n) is 5.14. The Hall–Kier alpha value is -0.970. The minimum absolute atomic E-state index is 0.00272. The van der Waals surface area contributed by atoms with Crippen LogP contribution in [0.1, 0.15) is 82.8 Å². The zero-order valence-electron chi connectivity index (χ0n) is 27.4. The van der Waals surface area contributed by atoms with Crippen molar-refractivity contribution in [3.63, 3.8) is 0 Å². The summed E-state index contributed by atoms with van der Waals surface area (Å²) in [7, 11) is 3.41. The quantitative estimate of drug-likeness (QED) is 0.0318. The number of rotatable bonds is 24. The van der Waals surface area contributed by atoms with Crippen molar-refractivity contribution in [2.45, 2.75) is 79.8 Å². The van der Waals surface area contributed by atoms with Crippen molar-refractivity contribution in [2.24, 2.45) is 0 Å². The molecule has 45 heavy (non-hydrogen) atoms. The van der Waals surface area contributed by atoms with E-state index in [-0.39, 0.29) is 26.7 Å². The van der Waals surface area contributed by atoms with Crippen LogP contribution in [0.15, 0.2) is 24.3 Å². The van der Waals surface area contributed by atoms with E-state index in [1.165, 1.54) is 11.1 Å². The van der Waals surface area contributed by atoms with Crippen LogP contribution in [0, 0.1) is 0 Å². The van der Waals surface area contributed by atoms with Crippen LogP contribution in [0.3, 0.4) is 0 Å². The first-order chi connectivity index (χ1) is 21.6. The lowest BCUT2D eigenvalue weighted by Crippen LogP contribution is -2.39. The van der Waals surface area contributed by atoms with E-state index < -0.39 is 6.09 Å². The van der Waals surface area contributed by atoms with Gasteiger partial charge >= 0.3 is 12.1 Å². The van der Waals surface area contributed by atoms with Crippen molar-refractivity contribution in [1.29, 1.82) is 0 Å². The van der Waals surface area contributed by atoms with E-state index in [2.05, 4.69) is 90.5 Å². The van der Waals surface area contributed by atoms with Crippen LogP contribution in [0.4, 0.5) is 9.59 Å². The molecule has 2 rings (SSSR count). The highest BCUT2D eigenvalue weighted by molar-refractivity contribution is 14.1. The van der Waals surface area contributed by atoms with Crippen molar-refractivity contribution in [3.05, 3.63) is 35.4 Å². The normalized spacial score (nSPS) is 19.2. The Bertz CT molecular complexity index is 990. The minimum Gasteiger partial charge on any atom is -0.449 e. The first kappa shape index (κ1) is 40.2. The van der Waals surface area contributed by atoms with Gasteiger partial charge < -0.3 is 40.0 Å². The first-order valence-electron chi connectivity index (χ1n) is 16.0. The zero-order chi connectivity index (χ0) is 33.0. The average Bonchev–Trinajstić information content (AvgIpc) is 3.21. The van der Waals surface area contributed by atoms with E-state index in [0.29, 0.717) is 71.1 Å². The second kappa shape index (κ2) is 22.6. The molecule has 0 bridgehead atoms. The second-order valence-corrected chi connectivity index (χ2v) is 17.0. The number of alkyl halides is 1. The molecular weight excluding hydrogens is 729 g/mol. The van der Waals surface area contributed by atoms with E-state index in [4.69, 9.17) is 24.1 Å². The zero-order valence-corrected chi connectivity index (χ0v) is 31.2. The Morgan fingerprint density at radius 2 is 1.58 bits per heavy atom. The highest BCUT2D eigenvalue weighted by atomic mass is 127. The van der Waals surface area contributed by atoms with E-state index in [0.717, 1.165) is 32.1 Å². The smallest absolute Gasteiger partial charge is 0.407 e. The number of urea groups is 1. The van der Waals surface area contributed by atoms with Crippen LogP contribution in [0.25, 0.3) is 0 Å². The molecule has 0 aromatic heterocycles. The summed E-state index contributed by atoms with van der Waals surface area (Å²) in [6, 6.07) is 8.33. The summed E-state index contributed by atoms with van der Waals surface area (Å²) in [5.41, 5.74) is 2.67. The minimum atomic E-state index is -0.431. The maximum Gasteiger partial charge on any atom is 0.407 e. The molecule has 1 aliphatic rings. The number of carbonyl (C=O) groups excluding carboxylic acids is 2. The molecule has 13 heteroatoms. The number of aliphatic hydroxyl groups excluding tert-OH is 1. The van der Waals surface area contributed by atoms with Crippen LogP contribution in [-0.2, 0) is 18.9 Å². The molecule has 10 nitrogen and oxygen atoms in total. The highest BCUT2D eigenvalue weighted by Gasteiger charge is 2.48. The van der Waals surface area contributed by atoms with Gasteiger partial charge in [-0.15, -0.1) is 0 Å². The lowest BCUT2D eigenvalue weighted by molar-refractivity contribution is 0.0497. The number of nitrogens with one attached hydrogen (secondary N) is 3. The van der Waals surface area contributed by atoms with Crippen LogP contribution >= 0.6 is 44.2 Å². The molecule has 0 aliphatic heterocycles. The highest BCUT2D eigenvalue weighted by Crippen LogP contribution is 2.56. The summed E-state index contributed by atoms with van der Waals surface area (Å²) >= 11 is 2.55. The Balaban J connectivity index is 1.44. The monoisotopic (exact) mass is 783 g/mol. The number of unbranched alkanes of at least 4 members (excludes halogenated alkanes) is 1. The van der Waals surface area contributed by atoms with Crippen molar-refractivity contribution < 1.29 is 33.6 Å². The topological polar surface area (TPSA) is 127 Å². The molecule has 1 aromatic carbocycles. The average molecular weight is 784 g/mol. The summed E-state index contributed by atoms with van der Waals surface area (Å²) in [5, 5.41) is 17.2. The Labute approximate surface area is 291 Å². The number of alkyl carbamates (subject to hydrolysis) is 1. The number of benzene rings is 1. The van der Waals surface area contributed by atoms with Gasteiger partial charge in [0.15, 0.2) is 0 Å². The number of halogens is 1. The van der Waals surface area contributed by atoms with Gasteiger partial charge in [0.25, 0.3) is 0 Å². The number of hydrogen-bond donors (Lipinski definition) is 4. The van der Waals surface area contributed by atoms with Gasteiger partial charge in [0.1, 0.15) is 12.5 Å². The number of amides is 3. The van der Waals surface area contributed by atoms with Crippen LogP contribution in [-0.4, -0.2) is 97.2 Å². The van der Waals surface area contributed by atoms with Crippen LogP contribution in [0.2, 0.25) is 0 Å². The number of carbonyl (C=O) groups is 2. The molecule has 0 fully saturated rings. The van der Waals surface area contributed by atoms with Gasteiger partial charge in [-0.2, -0.15) is 0 Å². The van der Waals surface area contributed by atoms with Gasteiger partial charge in [-0.3, -0.25) is 0 Å². The molecule has 1 aromatic rings. The molecule has 0 saturated carbocycles. The molecule has 0 heterocycles. The largest absolute Gasteiger partial charge is 0.449 e. The number of hydrogen-bond acceptors (Lipinski definition) is 9. The molecule has 3 amide bonds. The SMILES string of the molecule is CCCC1c2ccccc2C(COC(=O)NCCOCCOCCNC(=O)NCCC(C)(C)SSCOCCCCO)C1(C)I. The summed E-state index contributed by atoms with van der Waals surface area (Å²) in [6.45, 7) is 12.9. The fraction of sp³-hybridized carbons (Fsp3) is 0.750. The number of aliphatic hydroxyl groups is 1. The van der Waals surface area contributed by atoms with E-state index in [1.807, 2.05) is 0 Å². The van der Waals surface area contributed by atoms with Crippen molar-refractivity contribution in [2.75, 3.05) is 71.8 Å². The van der Waals surface area contributed by atoms with Crippen LogP contribution < -0.4 is 16.0 Å². The lowest BCUT2D eigenvalue weighted by atomic mass is 9.86. The third-order valence-electron chi connectivity index (χ3n) is 7.61. The Kier molecular flexibility index (Phi) is 20.2. The van der Waals surface area contributed by atoms with Gasteiger partial charge in [-0.25, -0.2) is 9.59 Å². The summed E-state index contributed by atoms with van der Waals surface area (Å²) in [5.74, 6) is 1.22. The third-order valence-corrected chi connectivity index (χ3v) is 12.1. The standard InChI is InChI=1S/C32H54IN3O7S2/c1-5-10-27-25-11-6-7-12-26(25)28(32(27,4)33)23-43-30(39)36-16-20-41-22-21-40-19-15-35-29(38)34-14-13-31(2,3)45-44-24-42-18-9-8-17-37/h6-7,11-12,27-28,37H,5,8-10,13-24H2,1-4H3,(H,36,39)(H2,34,35,38). The lowest BCUT2D eigenvalue weighted by Gasteiger charge is -2.31. The van der Waals surface area contributed by atoms with Crippen molar-refractivity contribution in [1.82, 2.24) is 16.0 Å². The fourth-order valence-corrected chi connectivity index (χ4v) is 8.60. The maximum atomic E-state index is 12.3. The summed E-state index contributed by atoms with van der Waals surface area (Å²) < 4.78 is 22.2. The van der Waals surface area contributed by atoms with Gasteiger partial charge in [0.05, 0.1) is 26.4 Å². The molecule has 0 spiro atoms. The molecule has 3 atom stereocenters. The molecule has 0 saturated heterocycles. The third kappa shape index (κ3) is 15.7. The Morgan fingerprint density at radius 1 is 0.933 bits per heavy atom. The van der Waals surface area contributed by atoms with E-state index in [9.17, 15) is 9.59 Å². The second-order valence-electron chi connectivity index (χ2n) is 11.8. The predicted octanol–water partition coefficient (Wildman–Crippen LogP) is 6.22. The maximum absolute atomic E-state index is 12.3. The van der Waals surface area contributed by atoms with Crippen molar-refractivity contribution >= 4 is 56.3 Å². The molecule has 0 radical (unpaired) electrons. The van der Waals surface area contributed by atoms with E-state index in [1.54, 1.807) is 21.6 Å². The number of fused-ring (bicyclic) bond motifs is 1. The first-order valence-corrected chi connectivity index (χ1v) is 19.4.